The highest BCUT2D eigenvalue weighted by Crippen LogP contribution is 2.25. The van der Waals surface area contributed by atoms with E-state index < -0.39 is 10.0 Å². The smallest absolute Gasteiger partial charge is 0.246 e. The van der Waals surface area contributed by atoms with E-state index in [1.54, 1.807) is 26.0 Å². The zero-order valence-corrected chi connectivity index (χ0v) is 15.8. The first kappa shape index (κ1) is 18.9. The zero-order valence-electron chi connectivity index (χ0n) is 14.2. The molecule has 2 rings (SSSR count). The molecule has 1 heterocycles. The van der Waals surface area contributed by atoms with Crippen LogP contribution in [0, 0.1) is 13.8 Å². The van der Waals surface area contributed by atoms with Gasteiger partial charge in [0.1, 0.15) is 10.6 Å². The Hall–Kier alpha value is -1.41. The van der Waals surface area contributed by atoms with Gasteiger partial charge in [0.25, 0.3) is 0 Å². The van der Waals surface area contributed by atoms with E-state index in [9.17, 15) is 8.42 Å². The van der Waals surface area contributed by atoms with Gasteiger partial charge in [-0.25, -0.2) is 13.1 Å². The number of hydrogen-bond acceptors (Lipinski definition) is 5. The second-order valence-electron chi connectivity index (χ2n) is 5.97. The number of hydrogen-bond donors (Lipinski definition) is 1. The van der Waals surface area contributed by atoms with Gasteiger partial charge < -0.3 is 9.42 Å². The SMILES string of the molecule is Cc1noc(C)c1S(=O)(=O)NC(CCN(C)C)c1ccc(Cl)cc1. The van der Waals surface area contributed by atoms with E-state index in [0.29, 0.717) is 17.1 Å². The molecule has 132 valence electrons. The first-order valence-corrected chi connectivity index (χ1v) is 9.42. The fourth-order valence-corrected chi connectivity index (χ4v) is 4.19. The highest BCUT2D eigenvalue weighted by atomic mass is 35.5. The summed E-state index contributed by atoms with van der Waals surface area (Å²) in [7, 11) is 0.151. The lowest BCUT2D eigenvalue weighted by molar-refractivity contribution is 0.374. The fraction of sp³-hybridized carbons (Fsp3) is 0.438. The number of nitrogens with one attached hydrogen (secondary N) is 1. The zero-order chi connectivity index (χ0) is 17.9. The second-order valence-corrected chi connectivity index (χ2v) is 8.06. The lowest BCUT2D eigenvalue weighted by atomic mass is 10.0. The third-order valence-corrected chi connectivity index (χ3v) is 5.64. The van der Waals surface area contributed by atoms with Crippen molar-refractivity contribution in [2.75, 3.05) is 20.6 Å². The monoisotopic (exact) mass is 371 g/mol. The molecule has 0 saturated heterocycles. The molecule has 0 bridgehead atoms. The Kier molecular flexibility index (Phi) is 6.03. The molecular weight excluding hydrogens is 350 g/mol. The van der Waals surface area contributed by atoms with E-state index in [2.05, 4.69) is 9.88 Å². The van der Waals surface area contributed by atoms with Crippen molar-refractivity contribution in [2.24, 2.45) is 0 Å². The van der Waals surface area contributed by atoms with Gasteiger partial charge in [-0.1, -0.05) is 28.9 Å². The van der Waals surface area contributed by atoms with Gasteiger partial charge in [0.05, 0.1) is 0 Å². The minimum Gasteiger partial charge on any atom is -0.360 e. The first-order valence-electron chi connectivity index (χ1n) is 7.56. The molecule has 8 heteroatoms. The second kappa shape index (κ2) is 7.65. The van der Waals surface area contributed by atoms with Crippen LogP contribution < -0.4 is 4.72 Å². The number of halogens is 1. The van der Waals surface area contributed by atoms with Gasteiger partial charge in [-0.2, -0.15) is 0 Å². The molecule has 6 nitrogen and oxygen atoms in total. The molecule has 0 aliphatic heterocycles. The molecule has 1 unspecified atom stereocenters. The van der Waals surface area contributed by atoms with Crippen LogP contribution in [-0.2, 0) is 10.0 Å². The van der Waals surface area contributed by atoms with Crippen LogP contribution in [-0.4, -0.2) is 39.1 Å². The minimum atomic E-state index is -3.74. The van der Waals surface area contributed by atoms with Crippen LogP contribution in [0.25, 0.3) is 0 Å². The van der Waals surface area contributed by atoms with Gasteiger partial charge in [-0.15, -0.1) is 0 Å². The Labute approximate surface area is 147 Å². The average Bonchev–Trinajstić information content (AvgIpc) is 2.84. The summed E-state index contributed by atoms with van der Waals surface area (Å²) in [5, 5.41) is 4.34. The Balaban J connectivity index is 2.32. The molecule has 0 aliphatic carbocycles. The van der Waals surface area contributed by atoms with Crippen molar-refractivity contribution in [2.45, 2.75) is 31.2 Å². The minimum absolute atomic E-state index is 0.103. The average molecular weight is 372 g/mol. The van der Waals surface area contributed by atoms with E-state index in [0.717, 1.165) is 12.1 Å². The van der Waals surface area contributed by atoms with Crippen LogP contribution in [0.3, 0.4) is 0 Å². The standard InChI is InChI=1S/C16H22ClN3O3S/c1-11-16(12(2)23-18-11)24(21,22)19-15(9-10-20(3)4)13-5-7-14(17)8-6-13/h5-8,15,19H,9-10H2,1-4H3. The number of aromatic nitrogens is 1. The molecule has 1 atom stereocenters. The molecule has 0 aliphatic rings. The van der Waals surface area contributed by atoms with Crippen LogP contribution in [0.5, 0.6) is 0 Å². The first-order chi connectivity index (χ1) is 11.2. The molecule has 0 fully saturated rings. The molecule has 0 spiro atoms. The van der Waals surface area contributed by atoms with E-state index in [1.165, 1.54) is 0 Å². The number of rotatable bonds is 7. The Bertz CT molecular complexity index is 766. The normalized spacial score (nSPS) is 13.4. The number of benzene rings is 1. The summed E-state index contributed by atoms with van der Waals surface area (Å²) in [5.41, 5.74) is 1.21. The molecule has 24 heavy (non-hydrogen) atoms. The maximum absolute atomic E-state index is 12.8. The molecule has 0 amide bonds. The third-order valence-electron chi connectivity index (χ3n) is 3.67. The maximum Gasteiger partial charge on any atom is 0.246 e. The van der Waals surface area contributed by atoms with Crippen LogP contribution in [0.4, 0.5) is 0 Å². The Morgan fingerprint density at radius 2 is 1.88 bits per heavy atom. The summed E-state index contributed by atoms with van der Waals surface area (Å²) < 4.78 is 33.3. The number of sulfonamides is 1. The van der Waals surface area contributed by atoms with Crippen LogP contribution >= 0.6 is 11.6 Å². The van der Waals surface area contributed by atoms with Gasteiger partial charge in [-0.3, -0.25) is 0 Å². The summed E-state index contributed by atoms with van der Waals surface area (Å²) in [6, 6.07) is 6.80. The molecule has 0 radical (unpaired) electrons. The molecule has 1 aromatic carbocycles. The molecule has 1 N–H and O–H groups in total. The third kappa shape index (κ3) is 4.57. The van der Waals surface area contributed by atoms with Crippen molar-refractivity contribution >= 4 is 21.6 Å². The molecule has 0 saturated carbocycles. The van der Waals surface area contributed by atoms with Crippen molar-refractivity contribution in [3.63, 3.8) is 0 Å². The summed E-state index contributed by atoms with van der Waals surface area (Å²) >= 11 is 5.93. The topological polar surface area (TPSA) is 75.4 Å². The lowest BCUT2D eigenvalue weighted by Crippen LogP contribution is -2.31. The predicted molar refractivity (Wildman–Crippen MR) is 93.7 cm³/mol. The number of nitrogens with zero attached hydrogens (tertiary/aromatic N) is 2. The van der Waals surface area contributed by atoms with Crippen molar-refractivity contribution in [3.05, 3.63) is 46.3 Å². The molecule has 2 aromatic rings. The summed E-state index contributed by atoms with van der Waals surface area (Å²) in [6.45, 7) is 3.94. The highest BCUT2D eigenvalue weighted by molar-refractivity contribution is 7.89. The van der Waals surface area contributed by atoms with Gasteiger partial charge in [-0.05, 0) is 58.6 Å². The highest BCUT2D eigenvalue weighted by Gasteiger charge is 2.27. The fourth-order valence-electron chi connectivity index (χ4n) is 2.48. The lowest BCUT2D eigenvalue weighted by Gasteiger charge is -2.21. The van der Waals surface area contributed by atoms with E-state index in [1.807, 2.05) is 31.1 Å². The van der Waals surface area contributed by atoms with Gasteiger partial charge >= 0.3 is 0 Å². The summed E-state index contributed by atoms with van der Waals surface area (Å²) in [6.07, 6.45) is 0.622. The predicted octanol–water partition coefficient (Wildman–Crippen LogP) is 2.92. The van der Waals surface area contributed by atoms with Crippen molar-refractivity contribution in [1.29, 1.82) is 0 Å². The van der Waals surface area contributed by atoms with Crippen molar-refractivity contribution in [3.8, 4) is 0 Å². The van der Waals surface area contributed by atoms with E-state index >= 15 is 0 Å². The largest absolute Gasteiger partial charge is 0.360 e. The van der Waals surface area contributed by atoms with Crippen molar-refractivity contribution < 1.29 is 12.9 Å². The Morgan fingerprint density at radius 3 is 2.38 bits per heavy atom. The Morgan fingerprint density at radius 1 is 1.25 bits per heavy atom. The van der Waals surface area contributed by atoms with E-state index in [4.69, 9.17) is 16.1 Å². The number of aryl methyl sites for hydroxylation is 2. The summed E-state index contributed by atoms with van der Waals surface area (Å²) in [4.78, 5) is 2.11. The van der Waals surface area contributed by atoms with Crippen molar-refractivity contribution in [1.82, 2.24) is 14.8 Å². The molecule has 1 aromatic heterocycles. The van der Waals surface area contributed by atoms with Crippen LogP contribution in [0.15, 0.2) is 33.7 Å². The van der Waals surface area contributed by atoms with Crippen LogP contribution in [0.2, 0.25) is 5.02 Å². The quantitative estimate of drug-likeness (QED) is 0.809. The van der Waals surface area contributed by atoms with Gasteiger partial charge in [0, 0.05) is 11.1 Å². The molecular formula is C16H22ClN3O3S. The van der Waals surface area contributed by atoms with Crippen LogP contribution in [0.1, 0.15) is 29.5 Å². The van der Waals surface area contributed by atoms with Gasteiger partial charge in [0.15, 0.2) is 5.76 Å². The maximum atomic E-state index is 12.8. The van der Waals surface area contributed by atoms with Gasteiger partial charge in [0.2, 0.25) is 10.0 Å². The summed E-state index contributed by atoms with van der Waals surface area (Å²) in [5.74, 6) is 0.280. The van der Waals surface area contributed by atoms with E-state index in [-0.39, 0.29) is 16.7 Å².